The smallest absolute Gasteiger partial charge is 0.407 e. The van der Waals surface area contributed by atoms with Crippen LogP contribution in [0.25, 0.3) is 11.1 Å². The van der Waals surface area contributed by atoms with Gasteiger partial charge >= 0.3 is 6.09 Å². The number of carbonyl (C=O) groups excluding carboxylic acids is 2. The Hall–Kier alpha value is -3.81. The summed E-state index contributed by atoms with van der Waals surface area (Å²) in [5.74, 6) is -0.594. The lowest BCUT2D eigenvalue weighted by atomic mass is 9.98. The van der Waals surface area contributed by atoms with Gasteiger partial charge in [-0.25, -0.2) is 9.78 Å². The number of rotatable bonds is 7. The fourth-order valence-electron chi connectivity index (χ4n) is 4.14. The average Bonchev–Trinajstić information content (AvgIpc) is 3.66. The van der Waals surface area contributed by atoms with Crippen molar-refractivity contribution in [3.8, 4) is 11.1 Å². The zero-order valence-corrected chi connectivity index (χ0v) is 21.9. The van der Waals surface area contributed by atoms with Gasteiger partial charge in [-0.3, -0.25) is 9.78 Å². The van der Waals surface area contributed by atoms with Crippen molar-refractivity contribution in [3.63, 3.8) is 0 Å². The standard InChI is InChI=1S/C29H33FN4O3/c1-17-8-9-31-24(11-17)25(20-6-7-20)34-27(35)22-13-19(16-33-28(36)37-29(3,4)5)12-21(14-22)23-10-18(2)15-32-26(23)30/h8-15,20,25H,6-7,16H2,1-5H3,(H,33,36)(H,34,35). The summed E-state index contributed by atoms with van der Waals surface area (Å²) in [4.78, 5) is 34.1. The monoisotopic (exact) mass is 504 g/mol. The van der Waals surface area contributed by atoms with E-state index >= 15 is 0 Å². The number of amides is 2. The molecule has 194 valence electrons. The summed E-state index contributed by atoms with van der Waals surface area (Å²) in [7, 11) is 0. The number of benzene rings is 1. The third kappa shape index (κ3) is 7.12. The first-order chi connectivity index (χ1) is 17.5. The molecule has 1 aliphatic rings. The van der Waals surface area contributed by atoms with E-state index in [0.29, 0.717) is 22.6 Å². The van der Waals surface area contributed by atoms with Gasteiger partial charge in [0.05, 0.1) is 11.7 Å². The number of nitrogens with zero attached hydrogens (tertiary/aromatic N) is 2. The largest absolute Gasteiger partial charge is 0.444 e. The number of halogens is 1. The Bertz CT molecular complexity index is 1310. The molecule has 0 radical (unpaired) electrons. The molecule has 0 saturated heterocycles. The summed E-state index contributed by atoms with van der Waals surface area (Å²) in [5, 5.41) is 5.86. The minimum atomic E-state index is -0.644. The highest BCUT2D eigenvalue weighted by Gasteiger charge is 2.34. The van der Waals surface area contributed by atoms with Crippen LogP contribution >= 0.6 is 0 Å². The van der Waals surface area contributed by atoms with E-state index in [4.69, 9.17) is 4.74 Å². The molecule has 1 aliphatic carbocycles. The molecular weight excluding hydrogens is 471 g/mol. The zero-order valence-electron chi connectivity index (χ0n) is 21.9. The fourth-order valence-corrected chi connectivity index (χ4v) is 4.14. The molecule has 1 fully saturated rings. The Morgan fingerprint density at radius 1 is 1.08 bits per heavy atom. The quantitative estimate of drug-likeness (QED) is 0.397. The van der Waals surface area contributed by atoms with Crippen molar-refractivity contribution >= 4 is 12.0 Å². The Kier molecular flexibility index (Phi) is 7.57. The van der Waals surface area contributed by atoms with E-state index in [-0.39, 0.29) is 24.1 Å². The van der Waals surface area contributed by atoms with Gasteiger partial charge in [0.2, 0.25) is 5.95 Å². The molecule has 4 rings (SSSR count). The number of hydrogen-bond donors (Lipinski definition) is 2. The lowest BCUT2D eigenvalue weighted by molar-refractivity contribution is 0.0523. The van der Waals surface area contributed by atoms with Crippen molar-refractivity contribution in [2.75, 3.05) is 0 Å². The molecule has 0 bridgehead atoms. The first kappa shape index (κ1) is 26.3. The van der Waals surface area contributed by atoms with E-state index < -0.39 is 17.6 Å². The molecule has 8 heteroatoms. The predicted molar refractivity (Wildman–Crippen MR) is 139 cm³/mol. The molecule has 0 spiro atoms. The van der Waals surface area contributed by atoms with Crippen molar-refractivity contribution in [2.24, 2.45) is 5.92 Å². The number of hydrogen-bond acceptors (Lipinski definition) is 5. The minimum absolute atomic E-state index is 0.107. The number of ether oxygens (including phenoxy) is 1. The summed E-state index contributed by atoms with van der Waals surface area (Å²) in [6, 6.07) is 10.5. The summed E-state index contributed by atoms with van der Waals surface area (Å²) >= 11 is 0. The minimum Gasteiger partial charge on any atom is -0.444 e. The van der Waals surface area contributed by atoms with Crippen LogP contribution in [-0.2, 0) is 11.3 Å². The van der Waals surface area contributed by atoms with Gasteiger partial charge in [0, 0.05) is 30.1 Å². The lowest BCUT2D eigenvalue weighted by Crippen LogP contribution is -2.32. The van der Waals surface area contributed by atoms with Crippen LogP contribution in [-0.4, -0.2) is 27.6 Å². The Balaban J connectivity index is 1.65. The van der Waals surface area contributed by atoms with E-state index in [9.17, 15) is 14.0 Å². The normalized spacial score (nSPS) is 14.1. The highest BCUT2D eigenvalue weighted by Crippen LogP contribution is 2.40. The number of carbonyl (C=O) groups is 2. The molecule has 0 aliphatic heterocycles. The molecule has 7 nitrogen and oxygen atoms in total. The number of nitrogens with one attached hydrogen (secondary N) is 2. The summed E-state index contributed by atoms with van der Waals surface area (Å²) in [5.41, 5.74) is 3.82. The van der Waals surface area contributed by atoms with Gasteiger partial charge in [-0.05, 0) is 112 Å². The van der Waals surface area contributed by atoms with E-state index in [1.807, 2.05) is 26.0 Å². The van der Waals surface area contributed by atoms with Crippen LogP contribution in [0.5, 0.6) is 0 Å². The molecule has 2 heterocycles. The van der Waals surface area contributed by atoms with Crippen LogP contribution < -0.4 is 10.6 Å². The highest BCUT2D eigenvalue weighted by molar-refractivity contribution is 5.96. The number of aromatic nitrogens is 2. The van der Waals surface area contributed by atoms with Crippen molar-refractivity contribution < 1.29 is 18.7 Å². The highest BCUT2D eigenvalue weighted by atomic mass is 19.1. The maximum absolute atomic E-state index is 14.7. The van der Waals surface area contributed by atoms with Crippen LogP contribution in [0.3, 0.4) is 0 Å². The topological polar surface area (TPSA) is 93.2 Å². The Morgan fingerprint density at radius 3 is 2.51 bits per heavy atom. The Labute approximate surface area is 216 Å². The van der Waals surface area contributed by atoms with Crippen LogP contribution in [0.4, 0.5) is 9.18 Å². The molecular formula is C29H33FN4O3. The van der Waals surface area contributed by atoms with Crippen LogP contribution in [0, 0.1) is 25.7 Å². The number of alkyl carbamates (subject to hydrolysis) is 1. The van der Waals surface area contributed by atoms with Gasteiger partial charge in [0.25, 0.3) is 5.91 Å². The SMILES string of the molecule is Cc1ccnc(C(NC(=O)c2cc(CNC(=O)OC(C)(C)C)cc(-c3cc(C)cnc3F)c2)C2CC2)c1. The molecule has 1 atom stereocenters. The van der Waals surface area contributed by atoms with E-state index in [1.165, 1.54) is 6.20 Å². The van der Waals surface area contributed by atoms with E-state index in [1.54, 1.807) is 51.2 Å². The second-order valence-electron chi connectivity index (χ2n) is 10.7. The molecule has 1 unspecified atom stereocenters. The molecule has 1 aromatic carbocycles. The molecule has 2 N–H and O–H groups in total. The van der Waals surface area contributed by atoms with Crippen molar-refractivity contribution in [3.05, 3.63) is 82.7 Å². The average molecular weight is 505 g/mol. The first-order valence-electron chi connectivity index (χ1n) is 12.5. The van der Waals surface area contributed by atoms with Crippen LogP contribution in [0.15, 0.2) is 48.8 Å². The van der Waals surface area contributed by atoms with Gasteiger partial charge in [-0.15, -0.1) is 0 Å². The van der Waals surface area contributed by atoms with Gasteiger partial charge in [0.15, 0.2) is 0 Å². The van der Waals surface area contributed by atoms with E-state index in [2.05, 4.69) is 20.6 Å². The van der Waals surface area contributed by atoms with Crippen molar-refractivity contribution in [1.82, 2.24) is 20.6 Å². The third-order valence-corrected chi connectivity index (χ3v) is 6.01. The maximum atomic E-state index is 14.7. The molecule has 37 heavy (non-hydrogen) atoms. The van der Waals surface area contributed by atoms with Crippen molar-refractivity contribution in [1.29, 1.82) is 0 Å². The molecule has 3 aromatic rings. The van der Waals surface area contributed by atoms with Gasteiger partial charge < -0.3 is 15.4 Å². The van der Waals surface area contributed by atoms with E-state index in [0.717, 1.165) is 29.7 Å². The summed E-state index contributed by atoms with van der Waals surface area (Å²) < 4.78 is 20.0. The van der Waals surface area contributed by atoms with Crippen molar-refractivity contribution in [2.45, 2.75) is 65.6 Å². The van der Waals surface area contributed by atoms with Gasteiger partial charge in [0.1, 0.15) is 5.60 Å². The predicted octanol–water partition coefficient (Wildman–Crippen LogP) is 5.81. The van der Waals surface area contributed by atoms with Crippen LogP contribution in [0.1, 0.15) is 72.4 Å². The second-order valence-corrected chi connectivity index (χ2v) is 10.7. The van der Waals surface area contributed by atoms with Gasteiger partial charge in [-0.2, -0.15) is 4.39 Å². The van der Waals surface area contributed by atoms with Gasteiger partial charge in [-0.1, -0.05) is 0 Å². The molecule has 2 aromatic heterocycles. The number of pyridine rings is 2. The number of aryl methyl sites for hydroxylation is 2. The summed E-state index contributed by atoms with van der Waals surface area (Å²) in [6.07, 6.45) is 4.67. The Morgan fingerprint density at radius 2 is 1.84 bits per heavy atom. The molecule has 1 saturated carbocycles. The maximum Gasteiger partial charge on any atom is 0.407 e. The third-order valence-electron chi connectivity index (χ3n) is 6.01. The fraction of sp³-hybridized carbons (Fsp3) is 0.379. The second kappa shape index (κ2) is 10.7. The lowest BCUT2D eigenvalue weighted by Gasteiger charge is -2.20. The zero-order chi connectivity index (χ0) is 26.7. The van der Waals surface area contributed by atoms with Crippen LogP contribution in [0.2, 0.25) is 0 Å². The first-order valence-corrected chi connectivity index (χ1v) is 12.5. The summed E-state index contributed by atoms with van der Waals surface area (Å²) in [6.45, 7) is 9.27. The molecule has 2 amide bonds.